The molecule has 0 aliphatic heterocycles. The van der Waals surface area contributed by atoms with E-state index < -0.39 is 0 Å². The molecule has 2 aromatic rings. The van der Waals surface area contributed by atoms with E-state index >= 15 is 0 Å². The molecule has 0 aromatic heterocycles. The van der Waals surface area contributed by atoms with Crippen LogP contribution < -0.4 is 9.47 Å². The first-order chi connectivity index (χ1) is 10.2. The molecule has 110 valence electrons. The molecule has 0 unspecified atom stereocenters. The highest BCUT2D eigenvalue weighted by Gasteiger charge is 2.12. The van der Waals surface area contributed by atoms with Crippen LogP contribution in [0.4, 0.5) is 0 Å². The average molecular weight is 349 g/mol. The summed E-state index contributed by atoms with van der Waals surface area (Å²) < 4.78 is 11.3. The average Bonchev–Trinajstić information content (AvgIpc) is 2.53. The molecule has 0 bridgehead atoms. The smallest absolute Gasteiger partial charge is 0.166 e. The zero-order valence-corrected chi connectivity index (χ0v) is 13.6. The van der Waals surface area contributed by atoms with Gasteiger partial charge in [0, 0.05) is 10.9 Å². The summed E-state index contributed by atoms with van der Waals surface area (Å²) in [6.45, 7) is 0. The Morgan fingerprint density at radius 2 is 1.86 bits per heavy atom. The highest BCUT2D eigenvalue weighted by atomic mass is 79.9. The fourth-order valence-electron chi connectivity index (χ4n) is 2.12. The zero-order chi connectivity index (χ0) is 15.2. The van der Waals surface area contributed by atoms with Crippen molar-refractivity contribution in [3.63, 3.8) is 0 Å². The highest BCUT2D eigenvalue weighted by molar-refractivity contribution is 9.10. The van der Waals surface area contributed by atoms with Crippen molar-refractivity contribution in [2.75, 3.05) is 14.2 Å². The van der Waals surface area contributed by atoms with Crippen LogP contribution in [0.1, 0.15) is 22.3 Å². The summed E-state index contributed by atoms with van der Waals surface area (Å²) in [6.07, 6.45) is 1.10. The SMILES string of the molecule is COc1ccc(CCC(=O)c2ccccc2OC)c(Br)c1. The molecule has 0 spiro atoms. The van der Waals surface area contributed by atoms with Crippen molar-refractivity contribution < 1.29 is 14.3 Å². The van der Waals surface area contributed by atoms with Gasteiger partial charge < -0.3 is 9.47 Å². The van der Waals surface area contributed by atoms with Crippen LogP contribution >= 0.6 is 15.9 Å². The fourth-order valence-corrected chi connectivity index (χ4v) is 2.67. The number of hydrogen-bond acceptors (Lipinski definition) is 3. The molecule has 0 aliphatic rings. The lowest BCUT2D eigenvalue weighted by molar-refractivity contribution is 0.0980. The molecular weight excluding hydrogens is 332 g/mol. The summed E-state index contributed by atoms with van der Waals surface area (Å²) in [5, 5.41) is 0. The van der Waals surface area contributed by atoms with Crippen LogP contribution in [0.5, 0.6) is 11.5 Å². The Morgan fingerprint density at radius 3 is 2.52 bits per heavy atom. The van der Waals surface area contributed by atoms with Gasteiger partial charge in [-0.1, -0.05) is 34.1 Å². The Bertz CT molecular complexity index is 638. The van der Waals surface area contributed by atoms with Crippen LogP contribution in [0.2, 0.25) is 0 Å². The Balaban J connectivity index is 2.07. The molecule has 0 saturated carbocycles. The van der Waals surface area contributed by atoms with Crippen LogP contribution in [0.15, 0.2) is 46.9 Å². The van der Waals surface area contributed by atoms with Gasteiger partial charge in [0.15, 0.2) is 5.78 Å². The number of para-hydroxylation sites is 1. The van der Waals surface area contributed by atoms with Crippen molar-refractivity contribution in [3.05, 3.63) is 58.1 Å². The quantitative estimate of drug-likeness (QED) is 0.730. The molecule has 2 rings (SSSR count). The number of methoxy groups -OCH3 is 2. The molecule has 0 aliphatic carbocycles. The maximum absolute atomic E-state index is 12.3. The van der Waals surface area contributed by atoms with Crippen molar-refractivity contribution in [3.8, 4) is 11.5 Å². The van der Waals surface area contributed by atoms with E-state index in [-0.39, 0.29) is 5.78 Å². The number of Topliss-reactive ketones (excluding diaryl/α,β-unsaturated/α-hetero) is 1. The van der Waals surface area contributed by atoms with Gasteiger partial charge in [-0.3, -0.25) is 4.79 Å². The summed E-state index contributed by atoms with van der Waals surface area (Å²) in [7, 11) is 3.21. The second-order valence-corrected chi connectivity index (χ2v) is 5.44. The number of carbonyl (C=O) groups excluding carboxylic acids is 1. The van der Waals surface area contributed by atoms with E-state index in [1.165, 1.54) is 0 Å². The molecular formula is C17H17BrO3. The minimum atomic E-state index is 0.0789. The van der Waals surface area contributed by atoms with Crippen molar-refractivity contribution in [1.82, 2.24) is 0 Å². The number of halogens is 1. The third-order valence-electron chi connectivity index (χ3n) is 3.29. The Morgan fingerprint density at radius 1 is 1.10 bits per heavy atom. The van der Waals surface area contributed by atoms with E-state index in [1.807, 2.05) is 30.3 Å². The molecule has 0 radical (unpaired) electrons. The lowest BCUT2D eigenvalue weighted by Crippen LogP contribution is -2.04. The third-order valence-corrected chi connectivity index (χ3v) is 4.03. The third kappa shape index (κ3) is 3.85. The fraction of sp³-hybridized carbons (Fsp3) is 0.235. The topological polar surface area (TPSA) is 35.5 Å². The first-order valence-corrected chi connectivity index (χ1v) is 7.43. The molecule has 0 saturated heterocycles. The summed E-state index contributed by atoms with van der Waals surface area (Å²) in [6, 6.07) is 13.1. The normalized spacial score (nSPS) is 10.2. The number of ether oxygens (including phenoxy) is 2. The van der Waals surface area contributed by atoms with Gasteiger partial charge in [-0.05, 0) is 36.2 Å². The largest absolute Gasteiger partial charge is 0.497 e. The van der Waals surface area contributed by atoms with Gasteiger partial charge in [-0.15, -0.1) is 0 Å². The summed E-state index contributed by atoms with van der Waals surface area (Å²) in [5.74, 6) is 1.49. The molecule has 2 aromatic carbocycles. The number of ketones is 1. The predicted octanol–water partition coefficient (Wildman–Crippen LogP) is 4.28. The molecule has 0 N–H and O–H groups in total. The minimum Gasteiger partial charge on any atom is -0.497 e. The monoisotopic (exact) mass is 348 g/mol. The van der Waals surface area contributed by atoms with Gasteiger partial charge in [-0.25, -0.2) is 0 Å². The standard InChI is InChI=1S/C17H17BrO3/c1-20-13-9-7-12(15(18)11-13)8-10-16(19)14-5-3-4-6-17(14)21-2/h3-7,9,11H,8,10H2,1-2H3. The van der Waals surface area contributed by atoms with Crippen molar-refractivity contribution in [1.29, 1.82) is 0 Å². The maximum atomic E-state index is 12.3. The van der Waals surface area contributed by atoms with E-state index in [4.69, 9.17) is 9.47 Å². The lowest BCUT2D eigenvalue weighted by Gasteiger charge is -2.09. The lowest BCUT2D eigenvalue weighted by atomic mass is 10.0. The highest BCUT2D eigenvalue weighted by Crippen LogP contribution is 2.25. The van der Waals surface area contributed by atoms with Gasteiger partial charge in [-0.2, -0.15) is 0 Å². The second-order valence-electron chi connectivity index (χ2n) is 4.58. The van der Waals surface area contributed by atoms with Gasteiger partial charge in [0.1, 0.15) is 11.5 Å². The molecule has 0 amide bonds. The Hall–Kier alpha value is -1.81. The van der Waals surface area contributed by atoms with E-state index in [2.05, 4.69) is 15.9 Å². The first kappa shape index (κ1) is 15.6. The molecule has 0 fully saturated rings. The molecule has 0 heterocycles. The van der Waals surface area contributed by atoms with Crippen molar-refractivity contribution >= 4 is 21.7 Å². The zero-order valence-electron chi connectivity index (χ0n) is 12.1. The Labute approximate surface area is 133 Å². The van der Waals surface area contributed by atoms with Gasteiger partial charge in [0.25, 0.3) is 0 Å². The summed E-state index contributed by atoms with van der Waals surface area (Å²) in [5.41, 5.74) is 1.71. The van der Waals surface area contributed by atoms with Gasteiger partial charge in [0.2, 0.25) is 0 Å². The van der Waals surface area contributed by atoms with Crippen LogP contribution in [0.25, 0.3) is 0 Å². The van der Waals surface area contributed by atoms with Crippen LogP contribution in [0, 0.1) is 0 Å². The van der Waals surface area contributed by atoms with Gasteiger partial charge in [0.05, 0.1) is 19.8 Å². The number of carbonyl (C=O) groups is 1. The number of rotatable bonds is 6. The number of benzene rings is 2. The molecule has 3 nitrogen and oxygen atoms in total. The van der Waals surface area contributed by atoms with Crippen LogP contribution in [-0.4, -0.2) is 20.0 Å². The number of hydrogen-bond donors (Lipinski definition) is 0. The first-order valence-electron chi connectivity index (χ1n) is 6.64. The maximum Gasteiger partial charge on any atom is 0.166 e. The van der Waals surface area contributed by atoms with Crippen LogP contribution in [0.3, 0.4) is 0 Å². The Kier molecular flexibility index (Phi) is 5.39. The molecule has 0 atom stereocenters. The van der Waals surface area contributed by atoms with Crippen LogP contribution in [-0.2, 0) is 6.42 Å². The van der Waals surface area contributed by atoms with Gasteiger partial charge >= 0.3 is 0 Å². The van der Waals surface area contributed by atoms with Crippen molar-refractivity contribution in [2.45, 2.75) is 12.8 Å². The van der Waals surface area contributed by atoms with E-state index in [1.54, 1.807) is 26.4 Å². The minimum absolute atomic E-state index is 0.0789. The van der Waals surface area contributed by atoms with E-state index in [0.717, 1.165) is 15.8 Å². The summed E-state index contributed by atoms with van der Waals surface area (Å²) >= 11 is 3.51. The number of aryl methyl sites for hydroxylation is 1. The second kappa shape index (κ2) is 7.27. The predicted molar refractivity (Wildman–Crippen MR) is 86.3 cm³/mol. The van der Waals surface area contributed by atoms with E-state index in [9.17, 15) is 4.79 Å². The molecule has 4 heteroatoms. The summed E-state index contributed by atoms with van der Waals surface area (Å²) in [4.78, 5) is 12.3. The van der Waals surface area contributed by atoms with E-state index in [0.29, 0.717) is 24.2 Å². The molecule has 21 heavy (non-hydrogen) atoms. The van der Waals surface area contributed by atoms with Crippen molar-refractivity contribution in [2.24, 2.45) is 0 Å².